The third-order valence-corrected chi connectivity index (χ3v) is 1.67. The molecule has 4 nitrogen and oxygen atoms in total. The van der Waals surface area contributed by atoms with E-state index in [2.05, 4.69) is 17.1 Å². The highest BCUT2D eigenvalue weighted by Gasteiger charge is 2.02. The van der Waals surface area contributed by atoms with Crippen LogP contribution in [0.1, 0.15) is 26.7 Å². The predicted molar refractivity (Wildman–Crippen MR) is 49.9 cm³/mol. The standard InChI is InChI=1S/C9H14N2O2/c1-3-4-7(2)13-8-5-9(12)11-10-6-8/h5-7H,3-4H2,1-2H3,(H,11,12)/t7-/m0/s1. The third-order valence-electron chi connectivity index (χ3n) is 1.67. The lowest BCUT2D eigenvalue weighted by Crippen LogP contribution is -2.14. The van der Waals surface area contributed by atoms with Gasteiger partial charge in [-0.05, 0) is 13.3 Å². The highest BCUT2D eigenvalue weighted by Crippen LogP contribution is 2.08. The average Bonchev–Trinajstić information content (AvgIpc) is 2.04. The van der Waals surface area contributed by atoms with E-state index in [0.717, 1.165) is 12.8 Å². The number of aromatic amines is 1. The Morgan fingerprint density at radius 3 is 3.08 bits per heavy atom. The van der Waals surface area contributed by atoms with Gasteiger partial charge in [0.2, 0.25) is 0 Å². The van der Waals surface area contributed by atoms with Crippen molar-refractivity contribution >= 4 is 0 Å². The first-order valence-corrected chi connectivity index (χ1v) is 4.43. The maximum atomic E-state index is 10.8. The molecule has 1 N–H and O–H groups in total. The first-order valence-electron chi connectivity index (χ1n) is 4.43. The van der Waals surface area contributed by atoms with Gasteiger partial charge in [0.25, 0.3) is 5.56 Å². The fourth-order valence-corrected chi connectivity index (χ4v) is 1.12. The van der Waals surface area contributed by atoms with Crippen LogP contribution in [0, 0.1) is 0 Å². The Morgan fingerprint density at radius 2 is 2.46 bits per heavy atom. The minimum absolute atomic E-state index is 0.133. The molecule has 0 aliphatic heterocycles. The number of nitrogens with one attached hydrogen (secondary N) is 1. The number of hydrogen-bond donors (Lipinski definition) is 1. The second kappa shape index (κ2) is 4.64. The molecule has 1 aromatic heterocycles. The van der Waals surface area contributed by atoms with Gasteiger partial charge in [-0.25, -0.2) is 5.10 Å². The molecule has 13 heavy (non-hydrogen) atoms. The molecular weight excluding hydrogens is 168 g/mol. The molecule has 0 radical (unpaired) electrons. The fraction of sp³-hybridized carbons (Fsp3) is 0.556. The van der Waals surface area contributed by atoms with Gasteiger partial charge in [0, 0.05) is 6.07 Å². The Kier molecular flexibility index (Phi) is 3.49. The number of aromatic nitrogens is 2. The Labute approximate surface area is 76.9 Å². The molecule has 0 saturated heterocycles. The van der Waals surface area contributed by atoms with E-state index in [0.29, 0.717) is 5.75 Å². The summed E-state index contributed by atoms with van der Waals surface area (Å²) in [5.74, 6) is 0.532. The minimum atomic E-state index is -0.235. The van der Waals surface area contributed by atoms with Crippen LogP contribution in [-0.2, 0) is 0 Å². The normalized spacial score (nSPS) is 12.5. The van der Waals surface area contributed by atoms with Crippen molar-refractivity contribution < 1.29 is 4.74 Å². The van der Waals surface area contributed by atoms with Crippen molar-refractivity contribution in [3.8, 4) is 5.75 Å². The zero-order chi connectivity index (χ0) is 9.68. The summed E-state index contributed by atoms with van der Waals surface area (Å²) < 4.78 is 5.45. The molecule has 4 heteroatoms. The molecule has 1 aromatic rings. The summed E-state index contributed by atoms with van der Waals surface area (Å²) in [7, 11) is 0. The molecule has 0 aliphatic carbocycles. The molecule has 0 amide bonds. The Morgan fingerprint density at radius 1 is 1.69 bits per heavy atom. The number of nitrogens with zero attached hydrogens (tertiary/aromatic N) is 1. The van der Waals surface area contributed by atoms with Crippen LogP contribution in [0.4, 0.5) is 0 Å². The van der Waals surface area contributed by atoms with Crippen molar-refractivity contribution in [1.29, 1.82) is 0 Å². The van der Waals surface area contributed by atoms with Crippen LogP contribution in [-0.4, -0.2) is 16.3 Å². The van der Waals surface area contributed by atoms with E-state index in [4.69, 9.17) is 4.74 Å². The van der Waals surface area contributed by atoms with Crippen molar-refractivity contribution in [2.75, 3.05) is 0 Å². The molecular formula is C9H14N2O2. The lowest BCUT2D eigenvalue weighted by atomic mass is 10.2. The maximum absolute atomic E-state index is 10.8. The summed E-state index contributed by atoms with van der Waals surface area (Å²) in [6, 6.07) is 1.40. The molecule has 0 aliphatic rings. The van der Waals surface area contributed by atoms with Gasteiger partial charge >= 0.3 is 0 Å². The molecule has 0 fully saturated rings. The Bertz CT molecular complexity index is 308. The lowest BCUT2D eigenvalue weighted by Gasteiger charge is -2.12. The smallest absolute Gasteiger partial charge is 0.267 e. The number of rotatable bonds is 4. The van der Waals surface area contributed by atoms with Crippen LogP contribution >= 0.6 is 0 Å². The van der Waals surface area contributed by atoms with Gasteiger partial charge in [-0.2, -0.15) is 5.10 Å². The molecule has 1 rings (SSSR count). The van der Waals surface area contributed by atoms with Crippen molar-refractivity contribution in [3.05, 3.63) is 22.6 Å². The molecule has 72 valence electrons. The topological polar surface area (TPSA) is 55.0 Å². The summed E-state index contributed by atoms with van der Waals surface area (Å²) in [5, 5.41) is 5.93. The van der Waals surface area contributed by atoms with E-state index in [1.54, 1.807) is 0 Å². The van der Waals surface area contributed by atoms with E-state index < -0.39 is 0 Å². The maximum Gasteiger partial charge on any atom is 0.267 e. The van der Waals surface area contributed by atoms with E-state index in [-0.39, 0.29) is 11.7 Å². The zero-order valence-corrected chi connectivity index (χ0v) is 7.91. The van der Waals surface area contributed by atoms with Gasteiger partial charge < -0.3 is 4.74 Å². The first kappa shape index (κ1) is 9.77. The van der Waals surface area contributed by atoms with Crippen LogP contribution in [0.2, 0.25) is 0 Å². The fourth-order valence-electron chi connectivity index (χ4n) is 1.12. The van der Waals surface area contributed by atoms with E-state index in [9.17, 15) is 4.79 Å². The van der Waals surface area contributed by atoms with Crippen molar-refractivity contribution in [2.45, 2.75) is 32.8 Å². The highest BCUT2D eigenvalue weighted by atomic mass is 16.5. The summed E-state index contributed by atoms with van der Waals surface area (Å²) in [6.07, 6.45) is 3.69. The second-order valence-corrected chi connectivity index (χ2v) is 3.00. The average molecular weight is 182 g/mol. The Balaban J connectivity index is 2.58. The summed E-state index contributed by atoms with van der Waals surface area (Å²) in [4.78, 5) is 10.8. The predicted octanol–water partition coefficient (Wildman–Crippen LogP) is 1.34. The van der Waals surface area contributed by atoms with E-state index in [1.807, 2.05) is 6.92 Å². The summed E-state index contributed by atoms with van der Waals surface area (Å²) in [5.41, 5.74) is -0.235. The largest absolute Gasteiger partial charge is 0.489 e. The van der Waals surface area contributed by atoms with E-state index >= 15 is 0 Å². The summed E-state index contributed by atoms with van der Waals surface area (Å²) in [6.45, 7) is 4.07. The van der Waals surface area contributed by atoms with Gasteiger partial charge in [-0.3, -0.25) is 4.79 Å². The van der Waals surface area contributed by atoms with Crippen molar-refractivity contribution in [1.82, 2.24) is 10.2 Å². The van der Waals surface area contributed by atoms with Crippen LogP contribution in [0.5, 0.6) is 5.75 Å². The highest BCUT2D eigenvalue weighted by molar-refractivity contribution is 5.13. The minimum Gasteiger partial charge on any atom is -0.489 e. The van der Waals surface area contributed by atoms with Crippen molar-refractivity contribution in [2.24, 2.45) is 0 Å². The monoisotopic (exact) mass is 182 g/mol. The number of ether oxygens (including phenoxy) is 1. The molecule has 0 bridgehead atoms. The van der Waals surface area contributed by atoms with Crippen LogP contribution in [0.25, 0.3) is 0 Å². The van der Waals surface area contributed by atoms with Crippen LogP contribution in [0.15, 0.2) is 17.1 Å². The van der Waals surface area contributed by atoms with Crippen molar-refractivity contribution in [3.63, 3.8) is 0 Å². The molecule has 0 unspecified atom stereocenters. The third kappa shape index (κ3) is 3.27. The molecule has 0 spiro atoms. The molecule has 0 aromatic carbocycles. The van der Waals surface area contributed by atoms with Gasteiger partial charge in [-0.15, -0.1) is 0 Å². The van der Waals surface area contributed by atoms with Gasteiger partial charge in [0.15, 0.2) is 0 Å². The lowest BCUT2D eigenvalue weighted by molar-refractivity contribution is 0.208. The summed E-state index contributed by atoms with van der Waals surface area (Å²) >= 11 is 0. The van der Waals surface area contributed by atoms with Gasteiger partial charge in [0.1, 0.15) is 5.75 Å². The molecule has 1 heterocycles. The van der Waals surface area contributed by atoms with E-state index in [1.165, 1.54) is 12.3 Å². The second-order valence-electron chi connectivity index (χ2n) is 3.00. The zero-order valence-electron chi connectivity index (χ0n) is 7.91. The van der Waals surface area contributed by atoms with Gasteiger partial charge in [0.05, 0.1) is 12.3 Å². The Hall–Kier alpha value is -1.32. The molecule has 1 atom stereocenters. The van der Waals surface area contributed by atoms with Gasteiger partial charge in [-0.1, -0.05) is 13.3 Å². The molecule has 0 saturated carbocycles. The number of hydrogen-bond acceptors (Lipinski definition) is 3. The quantitative estimate of drug-likeness (QED) is 0.764. The number of H-pyrrole nitrogens is 1. The SMILES string of the molecule is CCC[C@H](C)Oc1cn[nH]c(=O)c1. The first-order chi connectivity index (χ1) is 6.22. The van der Waals surface area contributed by atoms with Crippen LogP contribution in [0.3, 0.4) is 0 Å². The van der Waals surface area contributed by atoms with Crippen LogP contribution < -0.4 is 10.3 Å².